The fourth-order valence-corrected chi connectivity index (χ4v) is 6.49. The van der Waals surface area contributed by atoms with Crippen molar-refractivity contribution in [3.05, 3.63) is 112 Å². The standard InChI is InChI=1S/C29H22BrNS/c1-29(2)25-18-22(16-17-23(25)27-24-10-6-7-11-26(24)32-28(27)29)31(20-8-4-3-5-9-20)21-14-12-19(30)13-15-21/h3-18H,1-2H3. The van der Waals surface area contributed by atoms with E-state index in [1.165, 1.54) is 37.3 Å². The zero-order chi connectivity index (χ0) is 21.9. The predicted octanol–water partition coefficient (Wildman–Crippen LogP) is 9.44. The summed E-state index contributed by atoms with van der Waals surface area (Å²) in [6.07, 6.45) is 0. The average molecular weight is 496 g/mol. The van der Waals surface area contributed by atoms with E-state index in [0.717, 1.165) is 15.8 Å². The van der Waals surface area contributed by atoms with E-state index in [-0.39, 0.29) is 5.41 Å². The molecule has 1 heterocycles. The van der Waals surface area contributed by atoms with Gasteiger partial charge in [-0.25, -0.2) is 0 Å². The Morgan fingerprint density at radius 2 is 1.38 bits per heavy atom. The number of fused-ring (bicyclic) bond motifs is 5. The van der Waals surface area contributed by atoms with E-state index < -0.39 is 0 Å². The van der Waals surface area contributed by atoms with Crippen molar-refractivity contribution >= 4 is 54.4 Å². The molecule has 0 atom stereocenters. The number of nitrogens with zero attached hydrogens (tertiary/aromatic N) is 1. The third-order valence-electron chi connectivity index (χ3n) is 6.47. The maximum Gasteiger partial charge on any atom is 0.0465 e. The first-order valence-corrected chi connectivity index (χ1v) is 12.4. The first-order chi connectivity index (χ1) is 15.5. The van der Waals surface area contributed by atoms with Crippen LogP contribution < -0.4 is 4.90 Å². The fraction of sp³-hybridized carbons (Fsp3) is 0.103. The molecule has 0 spiro atoms. The van der Waals surface area contributed by atoms with Crippen molar-refractivity contribution in [1.29, 1.82) is 0 Å². The number of anilines is 3. The molecule has 0 saturated heterocycles. The van der Waals surface area contributed by atoms with Crippen molar-refractivity contribution in [3.8, 4) is 11.1 Å². The molecule has 0 unspecified atom stereocenters. The number of thiophene rings is 1. The summed E-state index contributed by atoms with van der Waals surface area (Å²) in [5.41, 5.74) is 7.67. The molecule has 4 aromatic carbocycles. The largest absolute Gasteiger partial charge is 0.310 e. The molecule has 6 rings (SSSR count). The van der Waals surface area contributed by atoms with Crippen LogP contribution >= 0.6 is 27.3 Å². The van der Waals surface area contributed by atoms with E-state index in [4.69, 9.17) is 0 Å². The van der Waals surface area contributed by atoms with Gasteiger partial charge in [0.05, 0.1) is 0 Å². The van der Waals surface area contributed by atoms with Crippen molar-refractivity contribution in [2.75, 3.05) is 4.90 Å². The summed E-state index contributed by atoms with van der Waals surface area (Å²) in [6, 6.07) is 34.9. The van der Waals surface area contributed by atoms with Crippen molar-refractivity contribution in [3.63, 3.8) is 0 Å². The van der Waals surface area contributed by atoms with Gasteiger partial charge in [-0.05, 0) is 65.7 Å². The monoisotopic (exact) mass is 495 g/mol. The highest BCUT2D eigenvalue weighted by Crippen LogP contribution is 2.56. The number of hydrogen-bond acceptors (Lipinski definition) is 2. The van der Waals surface area contributed by atoms with E-state index >= 15 is 0 Å². The summed E-state index contributed by atoms with van der Waals surface area (Å²) in [6.45, 7) is 4.73. The van der Waals surface area contributed by atoms with Crippen LogP contribution in [0.4, 0.5) is 17.1 Å². The Hall–Kier alpha value is -2.88. The van der Waals surface area contributed by atoms with Gasteiger partial charge in [0, 0.05) is 47.5 Å². The van der Waals surface area contributed by atoms with E-state index in [1.807, 2.05) is 11.3 Å². The SMILES string of the molecule is CC1(C)c2cc(N(c3ccccc3)c3ccc(Br)cc3)ccc2-c2c1sc1ccccc21. The molecule has 1 nitrogen and oxygen atoms in total. The Kier molecular flexibility index (Phi) is 4.53. The third kappa shape index (κ3) is 2.96. The molecule has 156 valence electrons. The molecule has 0 radical (unpaired) electrons. The van der Waals surface area contributed by atoms with Gasteiger partial charge in [-0.15, -0.1) is 11.3 Å². The zero-order valence-electron chi connectivity index (χ0n) is 18.0. The molecular weight excluding hydrogens is 474 g/mol. The summed E-state index contributed by atoms with van der Waals surface area (Å²) < 4.78 is 2.46. The number of benzene rings is 4. The van der Waals surface area contributed by atoms with Gasteiger partial charge in [0.1, 0.15) is 0 Å². The second kappa shape index (κ2) is 7.33. The molecule has 32 heavy (non-hydrogen) atoms. The van der Waals surface area contributed by atoms with E-state index in [1.54, 1.807) is 0 Å². The summed E-state index contributed by atoms with van der Waals surface area (Å²) >= 11 is 5.52. The number of para-hydroxylation sites is 1. The quantitative estimate of drug-likeness (QED) is 0.240. The van der Waals surface area contributed by atoms with Crippen LogP contribution in [0.15, 0.2) is 102 Å². The fourth-order valence-electron chi connectivity index (χ4n) is 4.90. The Morgan fingerprint density at radius 1 is 0.719 bits per heavy atom. The smallest absolute Gasteiger partial charge is 0.0465 e. The van der Waals surface area contributed by atoms with Crippen LogP contribution in [0.25, 0.3) is 21.2 Å². The van der Waals surface area contributed by atoms with E-state index in [0.29, 0.717) is 0 Å². The highest BCUT2D eigenvalue weighted by atomic mass is 79.9. The Morgan fingerprint density at radius 3 is 2.16 bits per heavy atom. The van der Waals surface area contributed by atoms with E-state index in [9.17, 15) is 0 Å². The average Bonchev–Trinajstić information content (AvgIpc) is 3.30. The minimum atomic E-state index is -0.0214. The highest BCUT2D eigenvalue weighted by molar-refractivity contribution is 9.10. The van der Waals surface area contributed by atoms with Crippen molar-refractivity contribution < 1.29 is 0 Å². The van der Waals surface area contributed by atoms with Gasteiger partial charge in [-0.3, -0.25) is 0 Å². The molecule has 0 aliphatic heterocycles. The molecule has 5 aromatic rings. The normalized spacial score (nSPS) is 13.7. The minimum absolute atomic E-state index is 0.0214. The first-order valence-electron chi connectivity index (χ1n) is 10.8. The topological polar surface area (TPSA) is 3.24 Å². The third-order valence-corrected chi connectivity index (χ3v) is 8.49. The van der Waals surface area contributed by atoms with Gasteiger partial charge in [0.25, 0.3) is 0 Å². The van der Waals surface area contributed by atoms with Crippen LogP contribution in [0.1, 0.15) is 24.3 Å². The van der Waals surface area contributed by atoms with Gasteiger partial charge in [0.2, 0.25) is 0 Å². The van der Waals surface area contributed by atoms with Gasteiger partial charge in [0.15, 0.2) is 0 Å². The second-order valence-electron chi connectivity index (χ2n) is 8.80. The molecule has 0 bridgehead atoms. The number of rotatable bonds is 3. The van der Waals surface area contributed by atoms with Crippen LogP contribution in [-0.2, 0) is 5.41 Å². The van der Waals surface area contributed by atoms with Crippen LogP contribution in [0, 0.1) is 0 Å². The molecule has 0 saturated carbocycles. The van der Waals surface area contributed by atoms with E-state index in [2.05, 4.69) is 132 Å². The minimum Gasteiger partial charge on any atom is -0.310 e. The number of hydrogen-bond donors (Lipinski definition) is 0. The molecule has 1 aliphatic rings. The molecule has 0 fully saturated rings. The lowest BCUT2D eigenvalue weighted by Crippen LogP contribution is -2.15. The highest BCUT2D eigenvalue weighted by Gasteiger charge is 2.39. The van der Waals surface area contributed by atoms with Crippen molar-refractivity contribution in [2.45, 2.75) is 19.3 Å². The van der Waals surface area contributed by atoms with Crippen LogP contribution in [-0.4, -0.2) is 0 Å². The lowest BCUT2D eigenvalue weighted by Gasteiger charge is -2.28. The van der Waals surface area contributed by atoms with Crippen molar-refractivity contribution in [1.82, 2.24) is 0 Å². The molecular formula is C29H22BrNS. The summed E-state index contributed by atoms with van der Waals surface area (Å²) in [5, 5.41) is 1.37. The summed E-state index contributed by atoms with van der Waals surface area (Å²) in [7, 11) is 0. The van der Waals surface area contributed by atoms with Gasteiger partial charge in [-0.1, -0.05) is 72.2 Å². The van der Waals surface area contributed by atoms with Gasteiger partial charge < -0.3 is 4.90 Å². The predicted molar refractivity (Wildman–Crippen MR) is 142 cm³/mol. The van der Waals surface area contributed by atoms with Gasteiger partial charge in [-0.2, -0.15) is 0 Å². The molecule has 1 aromatic heterocycles. The lowest BCUT2D eigenvalue weighted by atomic mass is 9.86. The molecule has 0 amide bonds. The number of halogens is 1. The molecule has 0 N–H and O–H groups in total. The first kappa shape index (κ1) is 19.8. The zero-order valence-corrected chi connectivity index (χ0v) is 20.4. The van der Waals surface area contributed by atoms with Crippen LogP contribution in [0.2, 0.25) is 0 Å². The van der Waals surface area contributed by atoms with Crippen LogP contribution in [0.5, 0.6) is 0 Å². The molecule has 1 aliphatic carbocycles. The van der Waals surface area contributed by atoms with Crippen LogP contribution in [0.3, 0.4) is 0 Å². The maximum atomic E-state index is 3.58. The molecule has 3 heteroatoms. The Bertz CT molecular complexity index is 1450. The van der Waals surface area contributed by atoms with Gasteiger partial charge >= 0.3 is 0 Å². The summed E-state index contributed by atoms with van der Waals surface area (Å²) in [4.78, 5) is 3.81. The maximum absolute atomic E-state index is 3.58. The summed E-state index contributed by atoms with van der Waals surface area (Å²) in [5.74, 6) is 0. The van der Waals surface area contributed by atoms with Crippen molar-refractivity contribution in [2.24, 2.45) is 0 Å². The Balaban J connectivity index is 1.55. The Labute approximate surface area is 201 Å². The second-order valence-corrected chi connectivity index (χ2v) is 10.8. The lowest BCUT2D eigenvalue weighted by molar-refractivity contribution is 0.674.